The minimum Gasteiger partial charge on any atom is -0.382 e. The van der Waals surface area contributed by atoms with E-state index in [1.54, 1.807) is 0 Å². The first kappa shape index (κ1) is 12.3. The summed E-state index contributed by atoms with van der Waals surface area (Å²) < 4.78 is 0. The van der Waals surface area contributed by atoms with Gasteiger partial charge in [-0.25, -0.2) is 0 Å². The molecule has 1 nitrogen and oxygen atoms in total. The van der Waals surface area contributed by atoms with Crippen molar-refractivity contribution in [3.63, 3.8) is 0 Å². The molecule has 0 amide bonds. The Bertz CT molecular complexity index is 567. The summed E-state index contributed by atoms with van der Waals surface area (Å²) in [5.74, 6) is 0.739. The summed E-state index contributed by atoms with van der Waals surface area (Å²) in [5.41, 5.74) is 5.59. The van der Waals surface area contributed by atoms with Crippen LogP contribution in [0.1, 0.15) is 35.4 Å². The van der Waals surface area contributed by atoms with Crippen molar-refractivity contribution in [2.24, 2.45) is 0 Å². The molecule has 1 aliphatic carbocycles. The molecule has 19 heavy (non-hydrogen) atoms. The summed E-state index contributed by atoms with van der Waals surface area (Å²) in [7, 11) is 0. The maximum absolute atomic E-state index is 3.67. The molecule has 3 rings (SSSR count). The Morgan fingerprint density at radius 1 is 0.842 bits per heavy atom. The molecule has 0 heterocycles. The zero-order chi connectivity index (χ0) is 13.2. The lowest BCUT2D eigenvalue weighted by atomic mass is 9.74. The quantitative estimate of drug-likeness (QED) is 0.836. The second-order valence-electron chi connectivity index (χ2n) is 5.68. The highest BCUT2D eigenvalue weighted by Gasteiger charge is 2.30. The van der Waals surface area contributed by atoms with Gasteiger partial charge in [0.15, 0.2) is 0 Å². The molecule has 1 aliphatic rings. The fourth-order valence-electron chi connectivity index (χ4n) is 2.99. The Morgan fingerprint density at radius 2 is 1.47 bits per heavy atom. The van der Waals surface area contributed by atoms with Gasteiger partial charge in [-0.1, -0.05) is 42.5 Å². The van der Waals surface area contributed by atoms with Crippen molar-refractivity contribution < 1.29 is 0 Å². The van der Waals surface area contributed by atoms with E-state index < -0.39 is 0 Å². The van der Waals surface area contributed by atoms with E-state index in [1.807, 2.05) is 0 Å². The van der Waals surface area contributed by atoms with E-state index in [0.717, 1.165) is 5.92 Å². The first-order valence-electron chi connectivity index (χ1n) is 7.12. The van der Waals surface area contributed by atoms with Crippen LogP contribution in [0.25, 0.3) is 0 Å². The monoisotopic (exact) mass is 251 g/mol. The molecule has 0 spiro atoms. The van der Waals surface area contributed by atoms with Crippen LogP contribution in [-0.2, 0) is 0 Å². The number of nitrogens with one attached hydrogen (secondary N) is 1. The molecule has 0 atom stereocenters. The Labute approximate surface area is 115 Å². The first-order valence-corrected chi connectivity index (χ1v) is 7.12. The van der Waals surface area contributed by atoms with Gasteiger partial charge >= 0.3 is 0 Å². The fourth-order valence-corrected chi connectivity index (χ4v) is 2.99. The average Bonchev–Trinajstić information content (AvgIpc) is 2.37. The minimum atomic E-state index is 0.630. The summed E-state index contributed by atoms with van der Waals surface area (Å²) in [5, 5.41) is 3.67. The maximum Gasteiger partial charge on any atom is 0.0372 e. The molecule has 0 aliphatic heterocycles. The van der Waals surface area contributed by atoms with Gasteiger partial charge in [-0.15, -0.1) is 0 Å². The van der Waals surface area contributed by atoms with E-state index in [-0.39, 0.29) is 0 Å². The van der Waals surface area contributed by atoms with E-state index in [2.05, 4.69) is 67.7 Å². The molecule has 0 radical (unpaired) electrons. The molecule has 98 valence electrons. The van der Waals surface area contributed by atoms with Gasteiger partial charge in [0.2, 0.25) is 0 Å². The predicted octanol–water partition coefficient (Wildman–Crippen LogP) is 4.66. The van der Waals surface area contributed by atoms with Gasteiger partial charge in [-0.2, -0.15) is 0 Å². The zero-order valence-corrected chi connectivity index (χ0v) is 11.7. The van der Waals surface area contributed by atoms with Crippen molar-refractivity contribution in [2.45, 2.75) is 38.6 Å². The highest BCUT2D eigenvalue weighted by Crippen LogP contribution is 2.39. The van der Waals surface area contributed by atoms with Gasteiger partial charge in [-0.05, 0) is 55.4 Å². The second kappa shape index (κ2) is 5.08. The Kier molecular flexibility index (Phi) is 3.29. The van der Waals surface area contributed by atoms with Crippen LogP contribution in [0.15, 0.2) is 48.5 Å². The highest BCUT2D eigenvalue weighted by molar-refractivity contribution is 5.51. The summed E-state index contributed by atoms with van der Waals surface area (Å²) in [6, 6.07) is 18.0. The number of anilines is 1. The molecule has 2 aromatic carbocycles. The lowest BCUT2D eigenvalue weighted by Gasteiger charge is -2.38. The normalized spacial score (nSPS) is 21.8. The number of hydrogen-bond donors (Lipinski definition) is 1. The van der Waals surface area contributed by atoms with Gasteiger partial charge < -0.3 is 5.32 Å². The minimum absolute atomic E-state index is 0.630. The standard InChI is InChI=1S/C18H21N/c1-13-7-3-5-9-17(13)15-11-16(12-15)19-18-10-6-4-8-14(18)2/h3-10,15-16,19H,11-12H2,1-2H3. The predicted molar refractivity (Wildman–Crippen MR) is 81.7 cm³/mol. The van der Waals surface area contributed by atoms with Crippen LogP contribution < -0.4 is 5.32 Å². The SMILES string of the molecule is Cc1ccccc1NC1CC(c2ccccc2C)C1. The van der Waals surface area contributed by atoms with Crippen LogP contribution in [0.4, 0.5) is 5.69 Å². The van der Waals surface area contributed by atoms with Crippen molar-refractivity contribution in [3.8, 4) is 0 Å². The molecule has 1 saturated carbocycles. The van der Waals surface area contributed by atoms with E-state index in [4.69, 9.17) is 0 Å². The Morgan fingerprint density at radius 3 is 2.16 bits per heavy atom. The maximum atomic E-state index is 3.67. The summed E-state index contributed by atoms with van der Waals surface area (Å²) >= 11 is 0. The molecule has 0 saturated heterocycles. The molecule has 0 aromatic heterocycles. The Hall–Kier alpha value is -1.76. The van der Waals surface area contributed by atoms with Gasteiger partial charge in [0.1, 0.15) is 0 Å². The largest absolute Gasteiger partial charge is 0.382 e. The van der Waals surface area contributed by atoms with Gasteiger partial charge in [0, 0.05) is 11.7 Å². The van der Waals surface area contributed by atoms with Crippen LogP contribution in [0.3, 0.4) is 0 Å². The molecular weight excluding hydrogens is 230 g/mol. The van der Waals surface area contributed by atoms with Crippen molar-refractivity contribution >= 4 is 5.69 Å². The summed E-state index contributed by atoms with van der Waals surface area (Å²) in [4.78, 5) is 0. The number of rotatable bonds is 3. The molecule has 2 aromatic rings. The van der Waals surface area contributed by atoms with Gasteiger partial charge in [-0.3, -0.25) is 0 Å². The molecule has 0 unspecified atom stereocenters. The van der Waals surface area contributed by atoms with Gasteiger partial charge in [0.25, 0.3) is 0 Å². The van der Waals surface area contributed by atoms with E-state index in [0.29, 0.717) is 6.04 Å². The highest BCUT2D eigenvalue weighted by atomic mass is 14.9. The van der Waals surface area contributed by atoms with Crippen molar-refractivity contribution in [2.75, 3.05) is 5.32 Å². The number of aryl methyl sites for hydroxylation is 2. The lowest BCUT2D eigenvalue weighted by Crippen LogP contribution is -2.34. The lowest BCUT2D eigenvalue weighted by molar-refractivity contribution is 0.373. The fraction of sp³-hybridized carbons (Fsp3) is 0.333. The topological polar surface area (TPSA) is 12.0 Å². The van der Waals surface area contributed by atoms with Crippen molar-refractivity contribution in [1.29, 1.82) is 0 Å². The van der Waals surface area contributed by atoms with E-state index in [1.165, 1.54) is 35.2 Å². The number of hydrogen-bond acceptors (Lipinski definition) is 1. The smallest absolute Gasteiger partial charge is 0.0372 e. The van der Waals surface area contributed by atoms with Crippen molar-refractivity contribution in [1.82, 2.24) is 0 Å². The second-order valence-corrected chi connectivity index (χ2v) is 5.68. The first-order chi connectivity index (χ1) is 9.24. The van der Waals surface area contributed by atoms with Crippen LogP contribution in [0, 0.1) is 13.8 Å². The molecule has 0 bridgehead atoms. The van der Waals surface area contributed by atoms with E-state index in [9.17, 15) is 0 Å². The van der Waals surface area contributed by atoms with Gasteiger partial charge in [0.05, 0.1) is 0 Å². The molecular formula is C18H21N. The van der Waals surface area contributed by atoms with E-state index >= 15 is 0 Å². The molecule has 1 heteroatoms. The third-order valence-electron chi connectivity index (χ3n) is 4.27. The van der Waals surface area contributed by atoms with Crippen LogP contribution in [0.2, 0.25) is 0 Å². The number of benzene rings is 2. The third-order valence-corrected chi connectivity index (χ3v) is 4.27. The molecule has 1 N–H and O–H groups in total. The zero-order valence-electron chi connectivity index (χ0n) is 11.7. The van der Waals surface area contributed by atoms with Crippen molar-refractivity contribution in [3.05, 3.63) is 65.2 Å². The third kappa shape index (κ3) is 2.51. The molecule has 1 fully saturated rings. The Balaban J connectivity index is 1.62. The van der Waals surface area contributed by atoms with Crippen LogP contribution in [-0.4, -0.2) is 6.04 Å². The average molecular weight is 251 g/mol. The van der Waals surface area contributed by atoms with Crippen LogP contribution >= 0.6 is 0 Å². The number of para-hydroxylation sites is 1. The summed E-state index contributed by atoms with van der Waals surface area (Å²) in [6.45, 7) is 4.39. The summed E-state index contributed by atoms with van der Waals surface area (Å²) in [6.07, 6.45) is 2.50. The van der Waals surface area contributed by atoms with Crippen LogP contribution in [0.5, 0.6) is 0 Å².